The number of benzene rings is 1. The first-order valence-electron chi connectivity index (χ1n) is 6.34. The molecule has 5 heteroatoms. The summed E-state index contributed by atoms with van der Waals surface area (Å²) in [5.41, 5.74) is 2.00. The number of methoxy groups -OCH3 is 1. The summed E-state index contributed by atoms with van der Waals surface area (Å²) in [6.45, 7) is 3.46. The van der Waals surface area contributed by atoms with E-state index in [2.05, 4.69) is 10.1 Å². The number of ether oxygens (including phenoxy) is 2. The number of rotatable bonds is 3. The number of nitrogens with zero attached hydrogens (tertiary/aromatic N) is 2. The zero-order valence-corrected chi connectivity index (χ0v) is 11.0. The van der Waals surface area contributed by atoms with Gasteiger partial charge >= 0.3 is 0 Å². The molecule has 2 aromatic rings. The van der Waals surface area contributed by atoms with Crippen LogP contribution in [0.1, 0.15) is 23.7 Å². The summed E-state index contributed by atoms with van der Waals surface area (Å²) < 4.78 is 15.9. The first kappa shape index (κ1) is 12.2. The van der Waals surface area contributed by atoms with Gasteiger partial charge in [0, 0.05) is 18.1 Å². The molecule has 1 saturated heterocycles. The van der Waals surface area contributed by atoms with E-state index in [0.717, 1.165) is 35.7 Å². The van der Waals surface area contributed by atoms with Crippen molar-refractivity contribution in [2.75, 3.05) is 20.3 Å². The van der Waals surface area contributed by atoms with Crippen molar-refractivity contribution in [3.63, 3.8) is 0 Å². The van der Waals surface area contributed by atoms with Gasteiger partial charge in [0.2, 0.25) is 0 Å². The van der Waals surface area contributed by atoms with Crippen LogP contribution in [0.25, 0.3) is 11.5 Å². The second-order valence-electron chi connectivity index (χ2n) is 4.70. The molecule has 1 aliphatic heterocycles. The molecule has 0 saturated carbocycles. The van der Waals surface area contributed by atoms with Crippen LogP contribution in [0.4, 0.5) is 0 Å². The van der Waals surface area contributed by atoms with Gasteiger partial charge in [-0.1, -0.05) is 5.16 Å². The first-order chi connectivity index (χ1) is 9.28. The van der Waals surface area contributed by atoms with Gasteiger partial charge in [0.1, 0.15) is 5.75 Å². The molecule has 1 fully saturated rings. The zero-order chi connectivity index (χ0) is 13.2. The molecule has 100 valence electrons. The largest absolute Gasteiger partial charge is 0.497 e. The lowest BCUT2D eigenvalue weighted by molar-refractivity contribution is 0.192. The molecular weight excluding hydrogens is 244 g/mol. The highest BCUT2D eigenvalue weighted by molar-refractivity contribution is 5.59. The summed E-state index contributed by atoms with van der Waals surface area (Å²) in [4.78, 5) is 4.48. The molecule has 0 bridgehead atoms. The minimum absolute atomic E-state index is 0.260. The van der Waals surface area contributed by atoms with Crippen molar-refractivity contribution in [1.82, 2.24) is 10.1 Å². The van der Waals surface area contributed by atoms with E-state index in [1.54, 1.807) is 7.11 Å². The molecule has 5 nitrogen and oxygen atoms in total. The standard InChI is InChI=1S/C14H16N2O3/c1-9-7-11(17-2)3-4-12(9)14-15-13(16-19-14)10-5-6-18-8-10/h3-4,7,10H,5-6,8H2,1-2H3/t10-/m1/s1. The summed E-state index contributed by atoms with van der Waals surface area (Å²) in [5, 5.41) is 4.06. The number of hydrogen-bond acceptors (Lipinski definition) is 5. The van der Waals surface area contributed by atoms with Crippen molar-refractivity contribution in [1.29, 1.82) is 0 Å². The molecule has 1 aromatic heterocycles. The zero-order valence-electron chi connectivity index (χ0n) is 11.0. The van der Waals surface area contributed by atoms with Crippen LogP contribution in [0.3, 0.4) is 0 Å². The van der Waals surface area contributed by atoms with E-state index < -0.39 is 0 Å². The van der Waals surface area contributed by atoms with E-state index in [-0.39, 0.29) is 5.92 Å². The van der Waals surface area contributed by atoms with Gasteiger partial charge < -0.3 is 14.0 Å². The van der Waals surface area contributed by atoms with E-state index in [9.17, 15) is 0 Å². The monoisotopic (exact) mass is 260 g/mol. The van der Waals surface area contributed by atoms with Crippen LogP contribution >= 0.6 is 0 Å². The van der Waals surface area contributed by atoms with Crippen LogP contribution < -0.4 is 4.74 Å². The quantitative estimate of drug-likeness (QED) is 0.848. The number of aryl methyl sites for hydroxylation is 1. The topological polar surface area (TPSA) is 57.4 Å². The minimum Gasteiger partial charge on any atom is -0.497 e. The highest BCUT2D eigenvalue weighted by atomic mass is 16.5. The Morgan fingerprint density at radius 1 is 1.37 bits per heavy atom. The highest BCUT2D eigenvalue weighted by Crippen LogP contribution is 2.28. The fourth-order valence-corrected chi connectivity index (χ4v) is 2.25. The summed E-state index contributed by atoms with van der Waals surface area (Å²) >= 11 is 0. The van der Waals surface area contributed by atoms with Gasteiger partial charge in [-0.25, -0.2) is 0 Å². The molecule has 0 unspecified atom stereocenters. The fourth-order valence-electron chi connectivity index (χ4n) is 2.25. The molecule has 3 rings (SSSR count). The Balaban J connectivity index is 1.89. The van der Waals surface area contributed by atoms with Crippen molar-refractivity contribution < 1.29 is 14.0 Å². The Bertz CT molecular complexity index is 574. The first-order valence-corrected chi connectivity index (χ1v) is 6.34. The van der Waals surface area contributed by atoms with Gasteiger partial charge in [0.05, 0.1) is 13.7 Å². The predicted octanol–water partition coefficient (Wildman–Crippen LogP) is 2.56. The van der Waals surface area contributed by atoms with Gasteiger partial charge in [-0.3, -0.25) is 0 Å². The van der Waals surface area contributed by atoms with Gasteiger partial charge in [0.25, 0.3) is 5.89 Å². The molecule has 19 heavy (non-hydrogen) atoms. The van der Waals surface area contributed by atoms with E-state index in [1.165, 1.54) is 0 Å². The minimum atomic E-state index is 0.260. The third-order valence-corrected chi connectivity index (χ3v) is 3.40. The Morgan fingerprint density at radius 3 is 2.95 bits per heavy atom. The molecule has 0 N–H and O–H groups in total. The second-order valence-corrected chi connectivity index (χ2v) is 4.70. The number of hydrogen-bond donors (Lipinski definition) is 0. The third-order valence-electron chi connectivity index (χ3n) is 3.40. The van der Waals surface area contributed by atoms with Crippen LogP contribution in [0, 0.1) is 6.92 Å². The average molecular weight is 260 g/mol. The van der Waals surface area contributed by atoms with Crippen LogP contribution in [0.5, 0.6) is 5.75 Å². The van der Waals surface area contributed by atoms with E-state index >= 15 is 0 Å². The molecular formula is C14H16N2O3. The van der Waals surface area contributed by atoms with Crippen LogP contribution in [0.2, 0.25) is 0 Å². The summed E-state index contributed by atoms with van der Waals surface area (Å²) in [7, 11) is 1.65. The smallest absolute Gasteiger partial charge is 0.258 e. The maximum absolute atomic E-state index is 5.36. The van der Waals surface area contributed by atoms with Crippen molar-refractivity contribution in [3.8, 4) is 17.2 Å². The van der Waals surface area contributed by atoms with Crippen LogP contribution in [-0.4, -0.2) is 30.5 Å². The van der Waals surface area contributed by atoms with E-state index in [1.807, 2.05) is 25.1 Å². The van der Waals surface area contributed by atoms with Crippen LogP contribution in [-0.2, 0) is 4.74 Å². The normalized spacial score (nSPS) is 18.7. The Labute approximate surface area is 111 Å². The van der Waals surface area contributed by atoms with Crippen molar-refractivity contribution >= 4 is 0 Å². The summed E-state index contributed by atoms with van der Waals surface area (Å²) in [5.74, 6) is 2.38. The molecule has 1 aromatic carbocycles. The molecule has 0 spiro atoms. The lowest BCUT2D eigenvalue weighted by atomic mass is 10.1. The average Bonchev–Trinajstić information content (AvgIpc) is 3.09. The molecule has 0 radical (unpaired) electrons. The van der Waals surface area contributed by atoms with Crippen molar-refractivity contribution in [2.45, 2.75) is 19.3 Å². The molecule has 1 aliphatic rings. The lowest BCUT2D eigenvalue weighted by Crippen LogP contribution is -1.99. The third kappa shape index (κ3) is 2.33. The molecule has 0 amide bonds. The van der Waals surface area contributed by atoms with Gasteiger partial charge in [0.15, 0.2) is 5.82 Å². The Hall–Kier alpha value is -1.88. The van der Waals surface area contributed by atoms with Crippen molar-refractivity contribution in [3.05, 3.63) is 29.6 Å². The molecule has 2 heterocycles. The maximum atomic E-state index is 5.36. The molecule has 1 atom stereocenters. The van der Waals surface area contributed by atoms with Crippen LogP contribution in [0.15, 0.2) is 22.7 Å². The van der Waals surface area contributed by atoms with Gasteiger partial charge in [-0.2, -0.15) is 4.98 Å². The number of aromatic nitrogens is 2. The van der Waals surface area contributed by atoms with Crippen molar-refractivity contribution in [2.24, 2.45) is 0 Å². The summed E-state index contributed by atoms with van der Waals surface area (Å²) in [6.07, 6.45) is 0.959. The van der Waals surface area contributed by atoms with E-state index in [4.69, 9.17) is 14.0 Å². The lowest BCUT2D eigenvalue weighted by Gasteiger charge is -2.04. The highest BCUT2D eigenvalue weighted by Gasteiger charge is 2.23. The van der Waals surface area contributed by atoms with Gasteiger partial charge in [-0.15, -0.1) is 0 Å². The maximum Gasteiger partial charge on any atom is 0.258 e. The predicted molar refractivity (Wildman–Crippen MR) is 69.2 cm³/mol. The molecule has 0 aliphatic carbocycles. The van der Waals surface area contributed by atoms with Gasteiger partial charge in [-0.05, 0) is 37.1 Å². The van der Waals surface area contributed by atoms with E-state index in [0.29, 0.717) is 12.5 Å². The Kier molecular flexibility index (Phi) is 3.21. The summed E-state index contributed by atoms with van der Waals surface area (Å²) in [6, 6.07) is 5.79. The second kappa shape index (κ2) is 5.01. The Morgan fingerprint density at radius 2 is 2.26 bits per heavy atom. The SMILES string of the molecule is COc1ccc(-c2nc([C@@H]3CCOC3)no2)c(C)c1. The fraction of sp³-hybridized carbons (Fsp3) is 0.429.